The van der Waals surface area contributed by atoms with Crippen molar-refractivity contribution in [3.63, 3.8) is 0 Å². The summed E-state index contributed by atoms with van der Waals surface area (Å²) < 4.78 is 1.24. The van der Waals surface area contributed by atoms with Gasteiger partial charge in [-0.25, -0.2) is 9.67 Å². The second kappa shape index (κ2) is 5.96. The summed E-state index contributed by atoms with van der Waals surface area (Å²) in [4.78, 5) is 39.8. The minimum Gasteiger partial charge on any atom is -0.481 e. The minimum atomic E-state index is -0.998. The fourth-order valence-electron chi connectivity index (χ4n) is 2.82. The van der Waals surface area contributed by atoms with E-state index in [1.54, 1.807) is 6.92 Å². The van der Waals surface area contributed by atoms with Crippen molar-refractivity contribution in [2.45, 2.75) is 13.3 Å². The Labute approximate surface area is 141 Å². The van der Waals surface area contributed by atoms with Gasteiger partial charge in [0.15, 0.2) is 0 Å². The molecule has 1 fully saturated rings. The lowest BCUT2D eigenvalue weighted by Crippen LogP contribution is -2.34. The van der Waals surface area contributed by atoms with Gasteiger partial charge in [0, 0.05) is 24.7 Å². The number of aromatic nitrogens is 3. The maximum absolute atomic E-state index is 12.6. The van der Waals surface area contributed by atoms with Gasteiger partial charge in [-0.3, -0.25) is 19.7 Å². The molecular formula is C15H15N5O5. The van der Waals surface area contributed by atoms with Gasteiger partial charge in [-0.15, -0.1) is 0 Å². The van der Waals surface area contributed by atoms with Gasteiger partial charge in [0.05, 0.1) is 10.3 Å². The largest absolute Gasteiger partial charge is 0.481 e. The molecule has 1 N–H and O–H groups in total. The van der Waals surface area contributed by atoms with Crippen LogP contribution in [-0.2, 0) is 4.79 Å². The number of rotatable bonds is 4. The monoisotopic (exact) mass is 345 g/mol. The molecule has 1 amide bonds. The summed E-state index contributed by atoms with van der Waals surface area (Å²) in [7, 11) is 0. The van der Waals surface area contributed by atoms with Crippen LogP contribution in [0, 0.1) is 15.5 Å². The van der Waals surface area contributed by atoms with E-state index in [2.05, 4.69) is 10.1 Å². The zero-order valence-electron chi connectivity index (χ0n) is 13.3. The number of carbonyl (C=O) groups is 2. The molecule has 1 saturated heterocycles. The molecule has 0 bridgehead atoms. The first-order valence-electron chi connectivity index (χ1n) is 7.48. The fraction of sp³-hybridized carbons (Fsp3) is 0.333. The van der Waals surface area contributed by atoms with Gasteiger partial charge in [0.25, 0.3) is 11.6 Å². The number of carboxylic acid groups (broad SMARTS) is 1. The lowest BCUT2D eigenvalue weighted by Gasteiger charge is -2.20. The van der Waals surface area contributed by atoms with Crippen LogP contribution in [0.2, 0.25) is 0 Å². The summed E-state index contributed by atoms with van der Waals surface area (Å²) >= 11 is 0. The Bertz CT molecular complexity index is 850. The van der Waals surface area contributed by atoms with Crippen LogP contribution in [0.25, 0.3) is 5.69 Å². The molecule has 1 aliphatic heterocycles. The van der Waals surface area contributed by atoms with Crippen LogP contribution in [0.15, 0.2) is 30.9 Å². The first-order chi connectivity index (χ1) is 11.8. The number of likely N-dealkylation sites (tertiary alicyclic amines) is 1. The number of nitro benzene ring substituents is 1. The number of nitrogens with zero attached hydrogens (tertiary/aromatic N) is 5. The summed E-state index contributed by atoms with van der Waals surface area (Å²) in [6, 6.07) is 4.06. The first-order valence-corrected chi connectivity index (χ1v) is 7.48. The lowest BCUT2D eigenvalue weighted by atomic mass is 9.90. The number of amides is 1. The van der Waals surface area contributed by atoms with E-state index in [9.17, 15) is 24.8 Å². The van der Waals surface area contributed by atoms with Gasteiger partial charge in [-0.2, -0.15) is 5.10 Å². The highest BCUT2D eigenvalue weighted by molar-refractivity contribution is 5.96. The molecule has 3 rings (SSSR count). The summed E-state index contributed by atoms with van der Waals surface area (Å²) in [6.45, 7) is 1.94. The van der Waals surface area contributed by atoms with Gasteiger partial charge in [0.1, 0.15) is 18.3 Å². The van der Waals surface area contributed by atoms with Crippen molar-refractivity contribution in [3.8, 4) is 5.69 Å². The summed E-state index contributed by atoms with van der Waals surface area (Å²) in [6.07, 6.45) is 2.91. The van der Waals surface area contributed by atoms with E-state index in [4.69, 9.17) is 0 Å². The molecular weight excluding hydrogens is 330 g/mol. The highest BCUT2D eigenvalue weighted by atomic mass is 16.6. The Kier molecular flexibility index (Phi) is 3.95. The molecule has 25 heavy (non-hydrogen) atoms. The smallest absolute Gasteiger partial charge is 0.311 e. The van der Waals surface area contributed by atoms with Crippen molar-refractivity contribution in [2.24, 2.45) is 5.41 Å². The van der Waals surface area contributed by atoms with Crippen molar-refractivity contribution < 1.29 is 19.6 Å². The molecule has 0 aliphatic carbocycles. The van der Waals surface area contributed by atoms with Crippen molar-refractivity contribution in [3.05, 3.63) is 46.5 Å². The topological polar surface area (TPSA) is 131 Å². The number of carbonyl (C=O) groups excluding carboxylic acids is 1. The van der Waals surface area contributed by atoms with Gasteiger partial charge in [-0.1, -0.05) is 0 Å². The molecule has 2 heterocycles. The Balaban J connectivity index is 1.91. The van der Waals surface area contributed by atoms with E-state index >= 15 is 0 Å². The molecule has 10 heteroatoms. The van der Waals surface area contributed by atoms with E-state index in [0.29, 0.717) is 13.0 Å². The van der Waals surface area contributed by atoms with Crippen LogP contribution in [0.3, 0.4) is 0 Å². The molecule has 0 radical (unpaired) electrons. The highest BCUT2D eigenvalue weighted by Crippen LogP contribution is 2.32. The minimum absolute atomic E-state index is 0.0692. The van der Waals surface area contributed by atoms with Gasteiger partial charge in [0.2, 0.25) is 0 Å². The highest BCUT2D eigenvalue weighted by Gasteiger charge is 2.42. The normalized spacial score (nSPS) is 19.8. The van der Waals surface area contributed by atoms with Crippen LogP contribution < -0.4 is 0 Å². The second-order valence-electron chi connectivity index (χ2n) is 6.14. The first kappa shape index (κ1) is 16.6. The molecule has 10 nitrogen and oxygen atoms in total. The van der Waals surface area contributed by atoms with Gasteiger partial charge in [-0.05, 0) is 25.5 Å². The average molecular weight is 345 g/mol. The fourth-order valence-corrected chi connectivity index (χ4v) is 2.82. The summed E-state index contributed by atoms with van der Waals surface area (Å²) in [5.74, 6) is -1.39. The number of hydrogen-bond acceptors (Lipinski definition) is 6. The van der Waals surface area contributed by atoms with E-state index in [1.807, 2.05) is 0 Å². The Hall–Kier alpha value is -3.30. The number of nitro groups is 1. The molecule has 1 aromatic carbocycles. The van der Waals surface area contributed by atoms with Crippen LogP contribution >= 0.6 is 0 Å². The molecule has 130 valence electrons. The number of benzene rings is 1. The Morgan fingerprint density at radius 1 is 1.40 bits per heavy atom. The van der Waals surface area contributed by atoms with Crippen molar-refractivity contribution in [1.29, 1.82) is 0 Å². The van der Waals surface area contributed by atoms with Crippen LogP contribution in [0.1, 0.15) is 23.7 Å². The molecule has 2 aromatic rings. The van der Waals surface area contributed by atoms with Crippen LogP contribution in [-0.4, -0.2) is 54.7 Å². The quantitative estimate of drug-likeness (QED) is 0.648. The third kappa shape index (κ3) is 2.93. The third-order valence-corrected chi connectivity index (χ3v) is 4.36. The maximum atomic E-state index is 12.6. The summed E-state index contributed by atoms with van der Waals surface area (Å²) in [5.41, 5.74) is -0.958. The van der Waals surface area contributed by atoms with Crippen molar-refractivity contribution in [2.75, 3.05) is 13.1 Å². The lowest BCUT2D eigenvalue weighted by molar-refractivity contribution is -0.384. The van der Waals surface area contributed by atoms with Gasteiger partial charge >= 0.3 is 5.97 Å². The number of carboxylic acids is 1. The Morgan fingerprint density at radius 2 is 2.16 bits per heavy atom. The summed E-state index contributed by atoms with van der Waals surface area (Å²) in [5, 5.41) is 24.5. The predicted octanol–water partition coefficient (Wildman–Crippen LogP) is 1.11. The van der Waals surface area contributed by atoms with Crippen molar-refractivity contribution >= 4 is 17.6 Å². The van der Waals surface area contributed by atoms with E-state index < -0.39 is 22.2 Å². The second-order valence-corrected chi connectivity index (χ2v) is 6.14. The zero-order chi connectivity index (χ0) is 18.2. The molecule has 0 spiro atoms. The van der Waals surface area contributed by atoms with E-state index in [-0.39, 0.29) is 23.5 Å². The van der Waals surface area contributed by atoms with E-state index in [0.717, 1.165) is 0 Å². The molecule has 1 aliphatic rings. The number of aliphatic carboxylic acids is 1. The molecule has 0 saturated carbocycles. The Morgan fingerprint density at radius 3 is 2.72 bits per heavy atom. The molecule has 1 atom stereocenters. The average Bonchev–Trinajstić information content (AvgIpc) is 3.24. The predicted molar refractivity (Wildman–Crippen MR) is 84.3 cm³/mol. The third-order valence-electron chi connectivity index (χ3n) is 4.36. The standard InChI is InChI=1S/C15H15N5O5/c1-15(14(22)23)4-5-18(7-15)13(21)10-2-3-11(12(6-10)20(24)25)19-9-16-8-17-19/h2-3,6,8-9H,4-5,7H2,1H3,(H,22,23). The molecule has 1 aromatic heterocycles. The van der Waals surface area contributed by atoms with E-state index in [1.165, 1.54) is 40.4 Å². The van der Waals surface area contributed by atoms with Gasteiger partial charge < -0.3 is 10.0 Å². The van der Waals surface area contributed by atoms with Crippen LogP contribution in [0.4, 0.5) is 5.69 Å². The molecule has 1 unspecified atom stereocenters. The van der Waals surface area contributed by atoms with Crippen molar-refractivity contribution in [1.82, 2.24) is 19.7 Å². The number of hydrogen-bond donors (Lipinski definition) is 1. The zero-order valence-corrected chi connectivity index (χ0v) is 13.3. The SMILES string of the molecule is CC1(C(=O)O)CCN(C(=O)c2ccc(-n3cncn3)c([N+](=O)[O-])c2)C1. The maximum Gasteiger partial charge on any atom is 0.311 e. The van der Waals surface area contributed by atoms with Crippen LogP contribution in [0.5, 0.6) is 0 Å².